The highest BCUT2D eigenvalue weighted by Crippen LogP contribution is 2.37. The molecule has 0 spiro atoms. The second-order valence-electron chi connectivity index (χ2n) is 7.37. The highest BCUT2D eigenvalue weighted by atomic mass is 16.6. The Labute approximate surface area is 191 Å². The zero-order chi connectivity index (χ0) is 23.2. The van der Waals surface area contributed by atoms with Crippen molar-refractivity contribution in [2.75, 3.05) is 39.3 Å². The number of hydrogen-bond donors (Lipinski definition) is 2. The molecule has 33 heavy (non-hydrogen) atoms. The number of nitrogens with one attached hydrogen (secondary N) is 1. The number of carboxylic acids is 1. The van der Waals surface area contributed by atoms with Crippen LogP contribution >= 0.6 is 0 Å². The first kappa shape index (κ1) is 22.2. The molecule has 9 nitrogen and oxygen atoms in total. The molecule has 1 aliphatic heterocycles. The molecule has 0 saturated heterocycles. The fourth-order valence-corrected chi connectivity index (χ4v) is 3.65. The van der Waals surface area contributed by atoms with Crippen molar-refractivity contribution in [1.82, 2.24) is 9.97 Å². The van der Waals surface area contributed by atoms with Gasteiger partial charge in [-0.05, 0) is 24.1 Å². The maximum atomic E-state index is 11.0. The normalized spacial score (nSPS) is 12.2. The Morgan fingerprint density at radius 2 is 1.73 bits per heavy atom. The molecule has 0 aliphatic carbocycles. The van der Waals surface area contributed by atoms with Gasteiger partial charge in [0.05, 0.1) is 26.3 Å². The van der Waals surface area contributed by atoms with Crippen molar-refractivity contribution in [3.63, 3.8) is 0 Å². The van der Waals surface area contributed by atoms with E-state index < -0.39 is 5.97 Å². The minimum absolute atomic E-state index is 0.108. The third kappa shape index (κ3) is 5.25. The molecule has 9 heteroatoms. The summed E-state index contributed by atoms with van der Waals surface area (Å²) in [5.41, 5.74) is 3.11. The number of ether oxygens (including phenoxy) is 4. The molecular formula is C24H25N3O6. The van der Waals surface area contributed by atoms with Gasteiger partial charge in [0.25, 0.3) is 0 Å². The fraction of sp³-hybridized carbons (Fsp3) is 0.292. The van der Waals surface area contributed by atoms with Gasteiger partial charge in [-0.2, -0.15) is 0 Å². The van der Waals surface area contributed by atoms with Crippen LogP contribution in [-0.2, 0) is 17.6 Å². The largest absolute Gasteiger partial charge is 0.496 e. The van der Waals surface area contributed by atoms with Gasteiger partial charge in [-0.3, -0.25) is 4.79 Å². The van der Waals surface area contributed by atoms with Gasteiger partial charge in [-0.25, -0.2) is 9.97 Å². The molecule has 1 aliphatic rings. The molecule has 0 saturated carbocycles. The quantitative estimate of drug-likeness (QED) is 0.506. The lowest BCUT2D eigenvalue weighted by atomic mass is 10.1. The number of aromatic nitrogens is 2. The minimum Gasteiger partial charge on any atom is -0.496 e. The number of aliphatic carboxylic acids is 1. The number of hydrogen-bond acceptors (Lipinski definition) is 8. The zero-order valence-corrected chi connectivity index (χ0v) is 18.5. The highest BCUT2D eigenvalue weighted by Gasteiger charge is 2.16. The molecule has 1 aromatic heterocycles. The Kier molecular flexibility index (Phi) is 6.77. The van der Waals surface area contributed by atoms with Gasteiger partial charge in [0, 0.05) is 29.8 Å². The molecule has 0 radical (unpaired) electrons. The lowest BCUT2D eigenvalue weighted by molar-refractivity contribution is -0.136. The van der Waals surface area contributed by atoms with Gasteiger partial charge in [0.1, 0.15) is 36.9 Å². The predicted molar refractivity (Wildman–Crippen MR) is 122 cm³/mol. The lowest BCUT2D eigenvalue weighted by Gasteiger charge is -2.20. The number of fused-ring (bicyclic) bond motifs is 1. The van der Waals surface area contributed by atoms with E-state index in [1.807, 2.05) is 24.3 Å². The standard InChI is InChI=1S/C24H25N3O6/c1-30-19-9-15(3-4-16(19)11-24(28)29)18-12-23(27-14-26-18)25-6-5-17-10-21-22(13-20(17)31-2)33-8-7-32-21/h3-4,9-10,12-14H,5-8,11H2,1-2H3,(H,28,29)(H,25,26,27). The van der Waals surface area contributed by atoms with Crippen molar-refractivity contribution in [2.24, 2.45) is 0 Å². The van der Waals surface area contributed by atoms with Gasteiger partial charge in [0.15, 0.2) is 11.5 Å². The van der Waals surface area contributed by atoms with Crippen molar-refractivity contribution in [2.45, 2.75) is 12.8 Å². The number of nitrogens with zero attached hydrogens (tertiary/aromatic N) is 2. The molecular weight excluding hydrogens is 426 g/mol. The number of anilines is 1. The number of methoxy groups -OCH3 is 2. The monoisotopic (exact) mass is 451 g/mol. The molecule has 0 amide bonds. The van der Waals surface area contributed by atoms with Crippen molar-refractivity contribution >= 4 is 11.8 Å². The molecule has 3 aromatic rings. The van der Waals surface area contributed by atoms with Crippen molar-refractivity contribution in [1.29, 1.82) is 0 Å². The molecule has 2 heterocycles. The van der Waals surface area contributed by atoms with E-state index in [4.69, 9.17) is 24.1 Å². The summed E-state index contributed by atoms with van der Waals surface area (Å²) in [7, 11) is 3.15. The minimum atomic E-state index is -0.913. The maximum Gasteiger partial charge on any atom is 0.307 e. The summed E-state index contributed by atoms with van der Waals surface area (Å²) in [5, 5.41) is 12.4. The number of carboxylic acid groups (broad SMARTS) is 1. The van der Waals surface area contributed by atoms with Crippen molar-refractivity contribution < 1.29 is 28.8 Å². The molecule has 2 aromatic carbocycles. The summed E-state index contributed by atoms with van der Waals surface area (Å²) in [6.45, 7) is 1.68. The molecule has 2 N–H and O–H groups in total. The summed E-state index contributed by atoms with van der Waals surface area (Å²) >= 11 is 0. The molecule has 0 atom stereocenters. The second kappa shape index (κ2) is 10.1. The summed E-state index contributed by atoms with van der Waals surface area (Å²) in [6.07, 6.45) is 2.07. The van der Waals surface area contributed by atoms with Crippen LogP contribution in [0.5, 0.6) is 23.0 Å². The van der Waals surface area contributed by atoms with Crippen molar-refractivity contribution in [3.05, 3.63) is 53.9 Å². The molecule has 0 fully saturated rings. The first-order valence-electron chi connectivity index (χ1n) is 10.5. The van der Waals surface area contributed by atoms with Gasteiger partial charge in [0.2, 0.25) is 0 Å². The van der Waals surface area contributed by atoms with Crippen LogP contribution in [0, 0.1) is 0 Å². The summed E-state index contributed by atoms with van der Waals surface area (Å²) in [6, 6.07) is 11.0. The topological polar surface area (TPSA) is 112 Å². The van der Waals surface area contributed by atoms with Crippen molar-refractivity contribution in [3.8, 4) is 34.3 Å². The predicted octanol–water partition coefficient (Wildman–Crippen LogP) is 3.21. The Bertz CT molecular complexity index is 1150. The van der Waals surface area contributed by atoms with Crippen LogP contribution in [0.4, 0.5) is 5.82 Å². The average molecular weight is 451 g/mol. The Morgan fingerprint density at radius 1 is 1.00 bits per heavy atom. The van der Waals surface area contributed by atoms with E-state index in [0.29, 0.717) is 54.8 Å². The van der Waals surface area contributed by atoms with Gasteiger partial charge < -0.3 is 29.4 Å². The van der Waals surface area contributed by atoms with E-state index in [-0.39, 0.29) is 6.42 Å². The first-order chi connectivity index (χ1) is 16.1. The van der Waals surface area contributed by atoms with Gasteiger partial charge in [-0.1, -0.05) is 12.1 Å². The molecule has 0 unspecified atom stereocenters. The van der Waals surface area contributed by atoms with E-state index in [9.17, 15) is 4.79 Å². The van der Waals surface area contributed by atoms with E-state index >= 15 is 0 Å². The lowest BCUT2D eigenvalue weighted by Crippen LogP contribution is -2.16. The number of rotatable bonds is 9. The fourth-order valence-electron chi connectivity index (χ4n) is 3.65. The van der Waals surface area contributed by atoms with E-state index in [2.05, 4.69) is 15.3 Å². The van der Waals surface area contributed by atoms with Crippen LogP contribution < -0.4 is 24.3 Å². The maximum absolute atomic E-state index is 11.0. The number of carbonyl (C=O) groups is 1. The average Bonchev–Trinajstić information content (AvgIpc) is 2.83. The Balaban J connectivity index is 1.46. The van der Waals surface area contributed by atoms with Crippen LogP contribution in [-0.4, -0.2) is 55.0 Å². The summed E-state index contributed by atoms with van der Waals surface area (Å²) in [5.74, 6) is 2.43. The third-order valence-corrected chi connectivity index (χ3v) is 5.24. The van der Waals surface area contributed by atoms with E-state index in [1.165, 1.54) is 13.4 Å². The van der Waals surface area contributed by atoms with Gasteiger partial charge >= 0.3 is 5.97 Å². The molecule has 4 rings (SSSR count). The molecule has 0 bridgehead atoms. The third-order valence-electron chi connectivity index (χ3n) is 5.24. The number of benzene rings is 2. The van der Waals surface area contributed by atoms with E-state index in [0.717, 1.165) is 22.6 Å². The summed E-state index contributed by atoms with van der Waals surface area (Å²) < 4.78 is 22.2. The second-order valence-corrected chi connectivity index (χ2v) is 7.37. The van der Waals surface area contributed by atoms with Gasteiger partial charge in [-0.15, -0.1) is 0 Å². The zero-order valence-electron chi connectivity index (χ0n) is 18.5. The first-order valence-corrected chi connectivity index (χ1v) is 10.5. The summed E-state index contributed by atoms with van der Waals surface area (Å²) in [4.78, 5) is 19.7. The van der Waals surface area contributed by atoms with Crippen LogP contribution in [0.25, 0.3) is 11.3 Å². The molecule has 172 valence electrons. The van der Waals surface area contributed by atoms with Crippen LogP contribution in [0.15, 0.2) is 42.7 Å². The smallest absolute Gasteiger partial charge is 0.307 e. The van der Waals surface area contributed by atoms with Crippen LogP contribution in [0.2, 0.25) is 0 Å². The van der Waals surface area contributed by atoms with Crippen LogP contribution in [0.1, 0.15) is 11.1 Å². The van der Waals surface area contributed by atoms with E-state index in [1.54, 1.807) is 19.2 Å². The van der Waals surface area contributed by atoms with Crippen LogP contribution in [0.3, 0.4) is 0 Å². The Morgan fingerprint density at radius 3 is 2.45 bits per heavy atom. The Hall–Kier alpha value is -4.01. The SMILES string of the molecule is COc1cc2c(cc1CCNc1cc(-c3ccc(CC(=O)O)c(OC)c3)ncn1)OCCO2. The highest BCUT2D eigenvalue weighted by molar-refractivity contribution is 5.73.